The molecule has 0 unspecified atom stereocenters. The van der Waals surface area contributed by atoms with E-state index in [4.69, 9.17) is 0 Å². The zero-order valence-corrected chi connectivity index (χ0v) is 13.6. The van der Waals surface area contributed by atoms with Crippen molar-refractivity contribution < 1.29 is 9.72 Å². The molecule has 0 aromatic carbocycles. The topological polar surface area (TPSA) is 81.3 Å². The van der Waals surface area contributed by atoms with Crippen molar-refractivity contribution in [2.75, 3.05) is 6.54 Å². The van der Waals surface area contributed by atoms with Crippen LogP contribution in [0.2, 0.25) is 0 Å². The van der Waals surface area contributed by atoms with E-state index < -0.39 is 4.92 Å². The number of piperidine rings is 1. The van der Waals surface area contributed by atoms with E-state index in [2.05, 4.69) is 16.8 Å². The smallest absolute Gasteiger partial charge is 0.358 e. The summed E-state index contributed by atoms with van der Waals surface area (Å²) in [5.74, 6) is 1.36. The largest absolute Gasteiger partial charge is 0.381 e. The number of fused-ring (bicyclic) bond motifs is 1. The van der Waals surface area contributed by atoms with E-state index >= 15 is 0 Å². The Morgan fingerprint density at radius 3 is 2.91 bits per heavy atom. The second-order valence-electron chi connectivity index (χ2n) is 6.85. The molecule has 1 amide bonds. The highest BCUT2D eigenvalue weighted by molar-refractivity contribution is 5.76. The zero-order chi connectivity index (χ0) is 16.4. The van der Waals surface area contributed by atoms with E-state index in [1.54, 1.807) is 4.57 Å². The molecule has 0 bridgehead atoms. The standard InChI is InChI=1S/C16H24N4O3/c1-12-6-9-19(14-5-3-2-4-13(12)14)16(21)7-8-18-10-15(17-11-18)20(22)23/h10-14H,2-9H2,1H3/t12-,13+,14-/m1/s1. The Kier molecular flexibility index (Phi) is 4.63. The first-order chi connectivity index (χ1) is 11.1. The summed E-state index contributed by atoms with van der Waals surface area (Å²) >= 11 is 0. The van der Waals surface area contributed by atoms with Gasteiger partial charge in [0, 0.05) is 25.6 Å². The second kappa shape index (κ2) is 6.68. The Balaban J connectivity index is 1.59. The van der Waals surface area contributed by atoms with E-state index in [0.717, 1.165) is 19.4 Å². The number of likely N-dealkylation sites (tertiary alicyclic amines) is 1. The lowest BCUT2D eigenvalue weighted by molar-refractivity contribution is -0.389. The number of carbonyl (C=O) groups excluding carboxylic acids is 1. The van der Waals surface area contributed by atoms with Gasteiger partial charge >= 0.3 is 5.82 Å². The van der Waals surface area contributed by atoms with Crippen LogP contribution in [0.15, 0.2) is 12.5 Å². The van der Waals surface area contributed by atoms with Crippen LogP contribution in [0.1, 0.15) is 45.4 Å². The lowest BCUT2D eigenvalue weighted by Crippen LogP contribution is -2.52. The van der Waals surface area contributed by atoms with Crippen LogP contribution in [-0.4, -0.2) is 37.9 Å². The van der Waals surface area contributed by atoms with Gasteiger partial charge in [0.15, 0.2) is 0 Å². The van der Waals surface area contributed by atoms with Crippen LogP contribution in [0.4, 0.5) is 5.82 Å². The molecular weight excluding hydrogens is 296 g/mol. The number of nitrogens with zero attached hydrogens (tertiary/aromatic N) is 4. The normalized spacial score (nSPS) is 27.5. The van der Waals surface area contributed by atoms with Crippen molar-refractivity contribution in [1.82, 2.24) is 14.5 Å². The third kappa shape index (κ3) is 3.38. The predicted molar refractivity (Wildman–Crippen MR) is 84.7 cm³/mol. The molecule has 0 radical (unpaired) electrons. The van der Waals surface area contributed by atoms with Gasteiger partial charge in [0.25, 0.3) is 0 Å². The van der Waals surface area contributed by atoms with Crippen molar-refractivity contribution in [3.05, 3.63) is 22.6 Å². The Bertz CT molecular complexity index is 586. The molecule has 1 aliphatic carbocycles. The number of imidazole rings is 1. The van der Waals surface area contributed by atoms with Gasteiger partial charge in [-0.05, 0) is 41.0 Å². The van der Waals surface area contributed by atoms with Crippen LogP contribution >= 0.6 is 0 Å². The van der Waals surface area contributed by atoms with Crippen LogP contribution in [0.3, 0.4) is 0 Å². The fourth-order valence-corrected chi connectivity index (χ4v) is 4.16. The van der Waals surface area contributed by atoms with Crippen LogP contribution in [0.25, 0.3) is 0 Å². The molecule has 1 aliphatic heterocycles. The van der Waals surface area contributed by atoms with E-state index in [0.29, 0.717) is 30.8 Å². The van der Waals surface area contributed by atoms with Gasteiger partial charge in [-0.3, -0.25) is 4.79 Å². The predicted octanol–water partition coefficient (Wildman–Crippen LogP) is 2.61. The Morgan fingerprint density at radius 1 is 1.39 bits per heavy atom. The summed E-state index contributed by atoms with van der Waals surface area (Å²) in [5, 5.41) is 10.6. The number of aromatic nitrogens is 2. The molecule has 1 saturated carbocycles. The SMILES string of the molecule is C[C@@H]1CCN(C(=O)CCn2cnc([N+](=O)[O-])c2)[C@@H]2CCCC[C@@H]12. The summed E-state index contributed by atoms with van der Waals surface area (Å²) in [6, 6.07) is 0.400. The number of aryl methyl sites for hydroxylation is 1. The molecule has 23 heavy (non-hydrogen) atoms. The van der Waals surface area contributed by atoms with Crippen LogP contribution < -0.4 is 0 Å². The fourth-order valence-electron chi connectivity index (χ4n) is 4.16. The minimum absolute atomic E-state index is 0.170. The Hall–Kier alpha value is -1.92. The number of rotatable bonds is 4. The molecule has 1 aromatic rings. The van der Waals surface area contributed by atoms with E-state index in [9.17, 15) is 14.9 Å². The van der Waals surface area contributed by atoms with Crippen LogP contribution in [0.5, 0.6) is 0 Å². The highest BCUT2D eigenvalue weighted by Crippen LogP contribution is 2.38. The molecule has 126 valence electrons. The molecule has 2 aliphatic rings. The Morgan fingerprint density at radius 2 is 2.17 bits per heavy atom. The average Bonchev–Trinajstić information content (AvgIpc) is 3.02. The average molecular weight is 320 g/mol. The third-order valence-electron chi connectivity index (χ3n) is 5.45. The first-order valence-corrected chi connectivity index (χ1v) is 8.52. The van der Waals surface area contributed by atoms with Crippen molar-refractivity contribution in [3.63, 3.8) is 0 Å². The maximum atomic E-state index is 12.6. The molecule has 0 N–H and O–H groups in total. The minimum Gasteiger partial charge on any atom is -0.358 e. The van der Waals surface area contributed by atoms with Gasteiger partial charge in [-0.25, -0.2) is 0 Å². The van der Waals surface area contributed by atoms with Gasteiger partial charge in [0.05, 0.1) is 0 Å². The summed E-state index contributed by atoms with van der Waals surface area (Å²) in [4.78, 5) is 28.6. The summed E-state index contributed by atoms with van der Waals surface area (Å²) in [6.07, 6.45) is 9.13. The number of carbonyl (C=O) groups is 1. The number of amides is 1. The monoisotopic (exact) mass is 320 g/mol. The highest BCUT2D eigenvalue weighted by Gasteiger charge is 2.39. The molecule has 7 heteroatoms. The molecule has 3 rings (SSSR count). The third-order valence-corrected chi connectivity index (χ3v) is 5.45. The summed E-state index contributed by atoms with van der Waals surface area (Å²) in [5.41, 5.74) is 0. The van der Waals surface area contributed by atoms with Gasteiger partial charge in [0.2, 0.25) is 12.2 Å². The molecular formula is C16H24N4O3. The van der Waals surface area contributed by atoms with Crippen molar-refractivity contribution in [1.29, 1.82) is 0 Å². The summed E-state index contributed by atoms with van der Waals surface area (Å²) in [6.45, 7) is 3.61. The van der Waals surface area contributed by atoms with E-state index in [1.807, 2.05) is 0 Å². The van der Waals surface area contributed by atoms with E-state index in [1.165, 1.54) is 31.8 Å². The van der Waals surface area contributed by atoms with Crippen LogP contribution in [0, 0.1) is 22.0 Å². The van der Waals surface area contributed by atoms with Crippen molar-refractivity contribution in [3.8, 4) is 0 Å². The molecule has 7 nitrogen and oxygen atoms in total. The van der Waals surface area contributed by atoms with Gasteiger partial charge in [0.1, 0.15) is 6.20 Å². The maximum absolute atomic E-state index is 12.6. The molecule has 3 atom stereocenters. The van der Waals surface area contributed by atoms with Crippen molar-refractivity contribution >= 4 is 11.7 Å². The molecule has 1 aromatic heterocycles. The maximum Gasteiger partial charge on any atom is 0.381 e. The minimum atomic E-state index is -0.517. The number of nitro groups is 1. The quantitative estimate of drug-likeness (QED) is 0.631. The van der Waals surface area contributed by atoms with E-state index in [-0.39, 0.29) is 11.7 Å². The summed E-state index contributed by atoms with van der Waals surface area (Å²) < 4.78 is 1.63. The molecule has 0 spiro atoms. The molecule has 2 heterocycles. The molecule has 1 saturated heterocycles. The first kappa shape index (κ1) is 16.0. The lowest BCUT2D eigenvalue weighted by atomic mass is 9.72. The number of hydrogen-bond acceptors (Lipinski definition) is 4. The van der Waals surface area contributed by atoms with Gasteiger partial charge in [-0.15, -0.1) is 0 Å². The van der Waals surface area contributed by atoms with Crippen molar-refractivity contribution in [2.24, 2.45) is 11.8 Å². The Labute approximate surface area is 135 Å². The lowest BCUT2D eigenvalue weighted by Gasteiger charge is -2.47. The van der Waals surface area contributed by atoms with Crippen LogP contribution in [-0.2, 0) is 11.3 Å². The van der Waals surface area contributed by atoms with Gasteiger partial charge in [-0.2, -0.15) is 0 Å². The zero-order valence-electron chi connectivity index (χ0n) is 13.6. The number of hydrogen-bond donors (Lipinski definition) is 0. The first-order valence-electron chi connectivity index (χ1n) is 8.52. The van der Waals surface area contributed by atoms with Gasteiger partial charge < -0.3 is 19.6 Å². The fraction of sp³-hybridized carbons (Fsp3) is 0.750. The second-order valence-corrected chi connectivity index (χ2v) is 6.85. The highest BCUT2D eigenvalue weighted by atomic mass is 16.6. The summed E-state index contributed by atoms with van der Waals surface area (Å²) in [7, 11) is 0. The van der Waals surface area contributed by atoms with Crippen molar-refractivity contribution in [2.45, 2.75) is 58.0 Å². The van der Waals surface area contributed by atoms with Gasteiger partial charge in [-0.1, -0.05) is 19.8 Å². The molecule has 2 fully saturated rings.